The zero-order chi connectivity index (χ0) is 14.8. The molecule has 110 valence electrons. The first-order valence-electron chi connectivity index (χ1n) is 7.79. The van der Waals surface area contributed by atoms with Crippen molar-refractivity contribution in [2.45, 2.75) is 39.2 Å². The molecule has 1 aliphatic heterocycles. The van der Waals surface area contributed by atoms with Crippen molar-refractivity contribution in [3.8, 4) is 5.75 Å². The zero-order valence-corrected chi connectivity index (χ0v) is 13.0. The van der Waals surface area contributed by atoms with Gasteiger partial charge in [0, 0.05) is 5.69 Å². The fourth-order valence-electron chi connectivity index (χ4n) is 2.91. The van der Waals surface area contributed by atoms with Crippen LogP contribution in [0.3, 0.4) is 0 Å². The summed E-state index contributed by atoms with van der Waals surface area (Å²) in [5.74, 6) is 1.53. The summed E-state index contributed by atoms with van der Waals surface area (Å²) in [7, 11) is 0. The van der Waals surface area contributed by atoms with Crippen LogP contribution in [-0.4, -0.2) is 6.61 Å². The molecule has 1 atom stereocenters. The van der Waals surface area contributed by atoms with E-state index in [4.69, 9.17) is 4.74 Å². The van der Waals surface area contributed by atoms with E-state index in [1.54, 1.807) is 0 Å². The highest BCUT2D eigenvalue weighted by molar-refractivity contribution is 5.59. The minimum Gasteiger partial charge on any atom is -0.494 e. The van der Waals surface area contributed by atoms with Gasteiger partial charge in [-0.05, 0) is 54.2 Å². The summed E-state index contributed by atoms with van der Waals surface area (Å²) in [6.45, 7) is 7.21. The Morgan fingerprint density at radius 1 is 1.14 bits per heavy atom. The molecule has 3 rings (SSSR count). The van der Waals surface area contributed by atoms with Crippen LogP contribution < -0.4 is 10.1 Å². The summed E-state index contributed by atoms with van der Waals surface area (Å²) < 4.78 is 5.51. The minimum absolute atomic E-state index is 0.373. The lowest BCUT2D eigenvalue weighted by Crippen LogP contribution is -2.05. The van der Waals surface area contributed by atoms with E-state index in [0.29, 0.717) is 18.6 Å². The Kier molecular flexibility index (Phi) is 3.87. The Balaban J connectivity index is 1.77. The predicted molar refractivity (Wildman–Crippen MR) is 88.2 cm³/mol. The summed E-state index contributed by atoms with van der Waals surface area (Å²) in [5.41, 5.74) is 5.45. The van der Waals surface area contributed by atoms with Crippen molar-refractivity contribution in [1.29, 1.82) is 0 Å². The van der Waals surface area contributed by atoms with Crippen LogP contribution >= 0.6 is 0 Å². The van der Waals surface area contributed by atoms with Crippen molar-refractivity contribution < 1.29 is 4.74 Å². The molecule has 0 bridgehead atoms. The first-order valence-corrected chi connectivity index (χ1v) is 7.79. The number of fused-ring (bicyclic) bond motifs is 1. The molecule has 1 heterocycles. The molecule has 0 aliphatic carbocycles. The van der Waals surface area contributed by atoms with E-state index in [1.165, 1.54) is 22.4 Å². The van der Waals surface area contributed by atoms with E-state index in [-0.39, 0.29) is 0 Å². The minimum atomic E-state index is 0.373. The van der Waals surface area contributed by atoms with Crippen molar-refractivity contribution in [1.82, 2.24) is 0 Å². The van der Waals surface area contributed by atoms with Gasteiger partial charge in [0.15, 0.2) is 0 Å². The van der Waals surface area contributed by atoms with Crippen molar-refractivity contribution in [3.05, 3.63) is 59.2 Å². The van der Waals surface area contributed by atoms with Crippen molar-refractivity contribution >= 4 is 5.69 Å². The highest BCUT2D eigenvalue weighted by Gasteiger charge is 2.22. The third kappa shape index (κ3) is 2.90. The lowest BCUT2D eigenvalue weighted by Gasteiger charge is -2.12. The molecule has 21 heavy (non-hydrogen) atoms. The first-order chi connectivity index (χ1) is 10.2. The third-order valence-corrected chi connectivity index (χ3v) is 4.14. The summed E-state index contributed by atoms with van der Waals surface area (Å²) in [6.07, 6.45) is 1.06. The number of ether oxygens (including phenoxy) is 1. The van der Waals surface area contributed by atoms with Gasteiger partial charge in [0.2, 0.25) is 0 Å². The lowest BCUT2D eigenvalue weighted by molar-refractivity contribution is 0.340. The molecule has 2 nitrogen and oxygen atoms in total. The van der Waals surface area contributed by atoms with Crippen molar-refractivity contribution in [2.24, 2.45) is 0 Å². The van der Waals surface area contributed by atoms with Gasteiger partial charge in [-0.15, -0.1) is 0 Å². The number of benzene rings is 2. The molecule has 2 aromatic carbocycles. The van der Waals surface area contributed by atoms with Gasteiger partial charge in [-0.25, -0.2) is 0 Å². The highest BCUT2D eigenvalue weighted by Crippen LogP contribution is 2.36. The third-order valence-electron chi connectivity index (χ3n) is 4.14. The highest BCUT2D eigenvalue weighted by atomic mass is 16.5. The Bertz CT molecular complexity index is 616. The standard InChI is InChI=1S/C19H23NO/c1-4-21-17-8-5-14(6-9-17)19-12-16-11-15(13(2)3)7-10-18(16)20-19/h5-11,13,19-20H,4,12H2,1-3H3. The summed E-state index contributed by atoms with van der Waals surface area (Å²) in [4.78, 5) is 0. The van der Waals surface area contributed by atoms with Crippen LogP contribution in [-0.2, 0) is 6.42 Å². The smallest absolute Gasteiger partial charge is 0.119 e. The first kappa shape index (κ1) is 14.0. The topological polar surface area (TPSA) is 21.3 Å². The Morgan fingerprint density at radius 3 is 2.57 bits per heavy atom. The summed E-state index contributed by atoms with van der Waals surface area (Å²) >= 11 is 0. The zero-order valence-electron chi connectivity index (χ0n) is 13.0. The molecule has 0 saturated heterocycles. The Labute approximate surface area is 127 Å². The van der Waals surface area contributed by atoms with E-state index in [2.05, 4.69) is 61.6 Å². The van der Waals surface area contributed by atoms with E-state index >= 15 is 0 Å². The van der Waals surface area contributed by atoms with Gasteiger partial charge in [0.05, 0.1) is 12.6 Å². The molecule has 0 radical (unpaired) electrons. The molecule has 0 aromatic heterocycles. The molecule has 1 N–H and O–H groups in total. The molecule has 0 spiro atoms. The fourth-order valence-corrected chi connectivity index (χ4v) is 2.91. The monoisotopic (exact) mass is 281 g/mol. The van der Waals surface area contributed by atoms with Crippen LogP contribution in [0.4, 0.5) is 5.69 Å². The van der Waals surface area contributed by atoms with Crippen LogP contribution in [0.2, 0.25) is 0 Å². The summed E-state index contributed by atoms with van der Waals surface area (Å²) in [6, 6.07) is 15.6. The lowest BCUT2D eigenvalue weighted by atomic mass is 9.98. The maximum atomic E-state index is 5.51. The number of nitrogens with one attached hydrogen (secondary N) is 1. The van der Waals surface area contributed by atoms with Crippen LogP contribution in [0.25, 0.3) is 0 Å². The van der Waals surface area contributed by atoms with E-state index in [9.17, 15) is 0 Å². The Hall–Kier alpha value is -1.96. The second kappa shape index (κ2) is 5.80. The van der Waals surface area contributed by atoms with E-state index in [1.807, 2.05) is 6.92 Å². The van der Waals surface area contributed by atoms with Crippen LogP contribution in [0.15, 0.2) is 42.5 Å². The SMILES string of the molecule is CCOc1ccc(C2Cc3cc(C(C)C)ccc3N2)cc1. The Morgan fingerprint density at radius 2 is 1.90 bits per heavy atom. The summed E-state index contributed by atoms with van der Waals surface area (Å²) in [5, 5.41) is 3.63. The predicted octanol–water partition coefficient (Wildman–Crippen LogP) is 4.92. The van der Waals surface area contributed by atoms with Gasteiger partial charge in [-0.2, -0.15) is 0 Å². The van der Waals surface area contributed by atoms with Gasteiger partial charge in [0.25, 0.3) is 0 Å². The number of hydrogen-bond donors (Lipinski definition) is 1. The van der Waals surface area contributed by atoms with Crippen LogP contribution in [0.1, 0.15) is 49.4 Å². The van der Waals surface area contributed by atoms with Crippen molar-refractivity contribution in [3.63, 3.8) is 0 Å². The van der Waals surface area contributed by atoms with Crippen LogP contribution in [0.5, 0.6) is 5.75 Å². The van der Waals surface area contributed by atoms with Crippen LogP contribution in [0, 0.1) is 0 Å². The molecule has 0 amide bonds. The molecule has 0 fully saturated rings. The quantitative estimate of drug-likeness (QED) is 0.859. The fraction of sp³-hybridized carbons (Fsp3) is 0.368. The molecular formula is C19H23NO. The van der Waals surface area contributed by atoms with Gasteiger partial charge >= 0.3 is 0 Å². The molecule has 1 aliphatic rings. The average molecular weight is 281 g/mol. The molecule has 1 unspecified atom stereocenters. The molecule has 2 heteroatoms. The normalized spacial score (nSPS) is 16.7. The maximum absolute atomic E-state index is 5.51. The molecular weight excluding hydrogens is 258 g/mol. The van der Waals surface area contributed by atoms with Gasteiger partial charge in [-0.1, -0.05) is 38.1 Å². The van der Waals surface area contributed by atoms with Gasteiger partial charge < -0.3 is 10.1 Å². The van der Waals surface area contributed by atoms with E-state index in [0.717, 1.165) is 12.2 Å². The maximum Gasteiger partial charge on any atom is 0.119 e. The average Bonchev–Trinajstić information content (AvgIpc) is 2.91. The second-order valence-corrected chi connectivity index (χ2v) is 5.97. The van der Waals surface area contributed by atoms with Gasteiger partial charge in [0.1, 0.15) is 5.75 Å². The second-order valence-electron chi connectivity index (χ2n) is 5.97. The van der Waals surface area contributed by atoms with Crippen molar-refractivity contribution in [2.75, 3.05) is 11.9 Å². The number of rotatable bonds is 4. The molecule has 2 aromatic rings. The number of hydrogen-bond acceptors (Lipinski definition) is 2. The number of anilines is 1. The van der Waals surface area contributed by atoms with Gasteiger partial charge in [-0.3, -0.25) is 0 Å². The van der Waals surface area contributed by atoms with E-state index < -0.39 is 0 Å². The molecule has 0 saturated carbocycles. The largest absolute Gasteiger partial charge is 0.494 e.